The highest BCUT2D eigenvalue weighted by Crippen LogP contribution is 2.42. The quantitative estimate of drug-likeness (QED) is 0.388. The fourth-order valence-corrected chi connectivity index (χ4v) is 4.80. The Labute approximate surface area is 192 Å². The molecule has 0 N–H and O–H groups in total. The van der Waals surface area contributed by atoms with Gasteiger partial charge in [-0.25, -0.2) is 0 Å². The zero-order chi connectivity index (χ0) is 22.2. The van der Waals surface area contributed by atoms with Gasteiger partial charge in [0.15, 0.2) is 0 Å². The van der Waals surface area contributed by atoms with Gasteiger partial charge in [0.25, 0.3) is 0 Å². The Morgan fingerprint density at radius 1 is 0.967 bits per heavy atom. The van der Waals surface area contributed by atoms with Gasteiger partial charge in [0.1, 0.15) is 0 Å². The molecule has 0 saturated heterocycles. The molecule has 0 aliphatic heterocycles. The zero-order valence-corrected chi connectivity index (χ0v) is 21.3. The summed E-state index contributed by atoms with van der Waals surface area (Å²) in [4.78, 5) is 0. The third kappa shape index (κ3) is 10.8. The van der Waals surface area contributed by atoms with Gasteiger partial charge in [0, 0.05) is 0 Å². The molecule has 1 aromatic rings. The van der Waals surface area contributed by atoms with Gasteiger partial charge in [-0.15, -0.1) is 0 Å². The minimum atomic E-state index is 0. The Bertz CT molecular complexity index is 505. The van der Waals surface area contributed by atoms with Gasteiger partial charge in [-0.1, -0.05) is 106 Å². The van der Waals surface area contributed by atoms with Crippen molar-refractivity contribution < 1.29 is 0 Å². The lowest BCUT2D eigenvalue weighted by atomic mass is 9.70. The SMILES string of the molecule is C.C/C=C/C(C)CC1CCC(c2ccc(C(CC)CC)cc2)CC1C.CC.CCC. The first-order valence-electron chi connectivity index (χ1n) is 12.7. The maximum atomic E-state index is 2.48. The summed E-state index contributed by atoms with van der Waals surface area (Å²) < 4.78 is 0. The maximum Gasteiger partial charge on any atom is -0.0159 e. The second-order valence-corrected chi connectivity index (χ2v) is 8.87. The maximum absolute atomic E-state index is 2.48. The number of hydrogen-bond acceptors (Lipinski definition) is 0. The zero-order valence-electron chi connectivity index (χ0n) is 21.3. The van der Waals surface area contributed by atoms with Gasteiger partial charge < -0.3 is 0 Å². The molecule has 0 heterocycles. The smallest absolute Gasteiger partial charge is 0.0159 e. The Hall–Kier alpha value is -1.04. The standard InChI is InChI=1S/C24H38.C3H8.C2H6.CH4/c1-6-9-18(4)16-23-14-15-24(17-19(23)5)22-12-10-21(11-13-22)20(7-2)8-3;1-3-2;1-2;/h6,9-13,18-20,23-24H,7-8,14-17H2,1-5H3;3H2,1-2H3;1-2H3;1H4/b9-6+;;;. The largest absolute Gasteiger partial charge is 0.0914 e. The van der Waals surface area contributed by atoms with Crippen LogP contribution in [0.2, 0.25) is 0 Å². The minimum Gasteiger partial charge on any atom is -0.0914 e. The highest BCUT2D eigenvalue weighted by molar-refractivity contribution is 5.28. The third-order valence-corrected chi connectivity index (χ3v) is 6.41. The van der Waals surface area contributed by atoms with E-state index in [0.717, 1.165) is 29.6 Å². The number of rotatable bonds is 7. The van der Waals surface area contributed by atoms with Crippen LogP contribution in [-0.4, -0.2) is 0 Å². The minimum absolute atomic E-state index is 0. The molecule has 0 spiro atoms. The molecule has 0 aromatic heterocycles. The summed E-state index contributed by atoms with van der Waals surface area (Å²) in [6.45, 7) is 19.9. The fraction of sp³-hybridized carbons (Fsp3) is 0.733. The molecule has 1 fully saturated rings. The van der Waals surface area contributed by atoms with Crippen LogP contribution < -0.4 is 0 Å². The third-order valence-electron chi connectivity index (χ3n) is 6.41. The number of hydrogen-bond donors (Lipinski definition) is 0. The van der Waals surface area contributed by atoms with Crippen molar-refractivity contribution in [3.05, 3.63) is 47.5 Å². The van der Waals surface area contributed by atoms with E-state index in [2.05, 4.69) is 84.9 Å². The molecule has 1 saturated carbocycles. The van der Waals surface area contributed by atoms with E-state index in [1.165, 1.54) is 50.5 Å². The molecule has 4 unspecified atom stereocenters. The van der Waals surface area contributed by atoms with Crippen LogP contribution in [0.25, 0.3) is 0 Å². The first-order valence-corrected chi connectivity index (χ1v) is 12.7. The van der Waals surface area contributed by atoms with Crippen molar-refractivity contribution in [2.75, 3.05) is 0 Å². The van der Waals surface area contributed by atoms with E-state index in [0.29, 0.717) is 0 Å². The fourth-order valence-electron chi connectivity index (χ4n) is 4.80. The van der Waals surface area contributed by atoms with Crippen LogP contribution in [-0.2, 0) is 0 Å². The van der Waals surface area contributed by atoms with Crippen LogP contribution in [0, 0.1) is 17.8 Å². The van der Waals surface area contributed by atoms with Crippen LogP contribution in [0.1, 0.15) is 138 Å². The lowest BCUT2D eigenvalue weighted by Crippen LogP contribution is -2.23. The van der Waals surface area contributed by atoms with E-state index >= 15 is 0 Å². The Morgan fingerprint density at radius 2 is 1.50 bits per heavy atom. The highest BCUT2D eigenvalue weighted by atomic mass is 14.3. The van der Waals surface area contributed by atoms with Crippen molar-refractivity contribution in [2.24, 2.45) is 17.8 Å². The van der Waals surface area contributed by atoms with E-state index in [-0.39, 0.29) is 7.43 Å². The molecular weight excluding hydrogens is 360 g/mol. The van der Waals surface area contributed by atoms with Gasteiger partial charge >= 0.3 is 0 Å². The normalized spacial score (nSPS) is 21.7. The number of allylic oxidation sites excluding steroid dienone is 2. The second-order valence-electron chi connectivity index (χ2n) is 8.87. The lowest BCUT2D eigenvalue weighted by molar-refractivity contribution is 0.207. The summed E-state index contributed by atoms with van der Waals surface area (Å²) in [5, 5.41) is 0. The van der Waals surface area contributed by atoms with Gasteiger partial charge in [-0.3, -0.25) is 0 Å². The van der Waals surface area contributed by atoms with Crippen molar-refractivity contribution in [1.82, 2.24) is 0 Å². The van der Waals surface area contributed by atoms with E-state index < -0.39 is 0 Å². The van der Waals surface area contributed by atoms with Gasteiger partial charge in [-0.05, 0) is 86.2 Å². The van der Waals surface area contributed by atoms with Crippen molar-refractivity contribution in [1.29, 1.82) is 0 Å². The molecule has 1 aliphatic rings. The average molecular weight is 417 g/mol. The van der Waals surface area contributed by atoms with Crippen molar-refractivity contribution in [3.8, 4) is 0 Å². The first kappa shape index (κ1) is 31.1. The molecule has 1 aliphatic carbocycles. The monoisotopic (exact) mass is 416 g/mol. The highest BCUT2D eigenvalue weighted by Gasteiger charge is 2.29. The molecule has 1 aromatic carbocycles. The molecular formula is C30H56. The molecule has 0 nitrogen and oxygen atoms in total. The van der Waals surface area contributed by atoms with Crippen LogP contribution in [0.5, 0.6) is 0 Å². The summed E-state index contributed by atoms with van der Waals surface area (Å²) in [5.41, 5.74) is 3.11. The second kappa shape index (κ2) is 18.7. The van der Waals surface area contributed by atoms with Crippen molar-refractivity contribution in [2.45, 2.75) is 127 Å². The van der Waals surface area contributed by atoms with Gasteiger partial charge in [0.2, 0.25) is 0 Å². The van der Waals surface area contributed by atoms with Crippen LogP contribution in [0.3, 0.4) is 0 Å². The van der Waals surface area contributed by atoms with E-state index in [1.54, 1.807) is 5.56 Å². The Balaban J connectivity index is 0. The molecule has 0 bridgehead atoms. The topological polar surface area (TPSA) is 0 Å². The first-order chi connectivity index (χ1) is 14.0. The van der Waals surface area contributed by atoms with Crippen molar-refractivity contribution in [3.63, 3.8) is 0 Å². The summed E-state index contributed by atoms with van der Waals surface area (Å²) >= 11 is 0. The van der Waals surface area contributed by atoms with Gasteiger partial charge in [0.05, 0.1) is 0 Å². The van der Waals surface area contributed by atoms with E-state index in [4.69, 9.17) is 0 Å². The molecule has 2 rings (SSSR count). The molecule has 0 radical (unpaired) electrons. The summed E-state index contributed by atoms with van der Waals surface area (Å²) in [6.07, 6.45) is 13.9. The molecule has 0 heteroatoms. The summed E-state index contributed by atoms with van der Waals surface area (Å²) in [5.74, 6) is 4.02. The Kier molecular flexibility index (Phi) is 19.4. The average Bonchev–Trinajstić information content (AvgIpc) is 2.73. The molecule has 4 atom stereocenters. The van der Waals surface area contributed by atoms with Gasteiger partial charge in [-0.2, -0.15) is 0 Å². The Morgan fingerprint density at radius 3 is 1.93 bits per heavy atom. The lowest BCUT2D eigenvalue weighted by Gasteiger charge is -2.35. The van der Waals surface area contributed by atoms with E-state index in [9.17, 15) is 0 Å². The number of benzene rings is 1. The van der Waals surface area contributed by atoms with Crippen LogP contribution >= 0.6 is 0 Å². The predicted molar refractivity (Wildman–Crippen MR) is 142 cm³/mol. The molecule has 0 amide bonds. The molecule has 176 valence electrons. The summed E-state index contributed by atoms with van der Waals surface area (Å²) in [6, 6.07) is 9.65. The predicted octanol–water partition coefficient (Wildman–Crippen LogP) is 10.8. The summed E-state index contributed by atoms with van der Waals surface area (Å²) in [7, 11) is 0. The molecule has 30 heavy (non-hydrogen) atoms. The van der Waals surface area contributed by atoms with Crippen LogP contribution in [0.4, 0.5) is 0 Å². The van der Waals surface area contributed by atoms with Crippen molar-refractivity contribution >= 4 is 0 Å². The van der Waals surface area contributed by atoms with E-state index in [1.807, 2.05) is 13.8 Å². The van der Waals surface area contributed by atoms with Crippen LogP contribution in [0.15, 0.2) is 36.4 Å².